The first kappa shape index (κ1) is 21.9. The second-order valence-corrected chi connectivity index (χ2v) is 8.72. The summed E-state index contributed by atoms with van der Waals surface area (Å²) in [6.07, 6.45) is 1.78. The predicted octanol–water partition coefficient (Wildman–Crippen LogP) is 3.93. The van der Waals surface area contributed by atoms with Crippen LogP contribution in [0.3, 0.4) is 0 Å². The molecular weight excluding hydrogens is 430 g/mol. The number of rotatable bonds is 4. The molecule has 2 aromatic heterocycles. The third-order valence-corrected chi connectivity index (χ3v) is 6.38. The van der Waals surface area contributed by atoms with E-state index < -0.39 is 0 Å². The number of benzene rings is 2. The van der Waals surface area contributed by atoms with Crippen molar-refractivity contribution in [1.82, 2.24) is 15.2 Å². The number of aromatic amines is 2. The Labute approximate surface area is 197 Å². The van der Waals surface area contributed by atoms with Gasteiger partial charge in [0.15, 0.2) is 0 Å². The van der Waals surface area contributed by atoms with Gasteiger partial charge < -0.3 is 19.9 Å². The SMILES string of the molecule is Cc1cc2[nH]c(=O)cc(C)c2cc1NC(=O)c1cc(-c2cn[nH]c2C)ccc1N1CCOCC1. The Balaban J connectivity index is 1.56. The van der Waals surface area contributed by atoms with Gasteiger partial charge in [-0.1, -0.05) is 6.07 Å². The van der Waals surface area contributed by atoms with Gasteiger partial charge in [0.2, 0.25) is 5.56 Å². The molecule has 0 saturated carbocycles. The minimum absolute atomic E-state index is 0.136. The lowest BCUT2D eigenvalue weighted by molar-refractivity contribution is 0.102. The fraction of sp³-hybridized carbons (Fsp3) is 0.269. The summed E-state index contributed by atoms with van der Waals surface area (Å²) in [5, 5.41) is 11.1. The molecule has 0 spiro atoms. The van der Waals surface area contributed by atoms with Gasteiger partial charge in [-0.3, -0.25) is 14.7 Å². The monoisotopic (exact) mass is 457 g/mol. The molecule has 2 aromatic carbocycles. The number of hydrogen-bond acceptors (Lipinski definition) is 5. The number of H-pyrrole nitrogens is 2. The molecule has 1 aliphatic heterocycles. The van der Waals surface area contributed by atoms with Crippen LogP contribution in [-0.4, -0.2) is 47.4 Å². The standard InChI is InChI=1S/C26H27N5O3/c1-15-11-25(32)28-23-10-16(2)22(13-19(15)23)29-26(33)20-12-18(21-14-27-30-17(21)3)4-5-24(20)31-6-8-34-9-7-31/h4-5,10-14H,6-9H2,1-3H3,(H,27,30)(H,28,32)(H,29,33). The Morgan fingerprint density at radius 3 is 2.59 bits per heavy atom. The summed E-state index contributed by atoms with van der Waals surface area (Å²) in [7, 11) is 0. The molecule has 1 fully saturated rings. The van der Waals surface area contributed by atoms with Crippen molar-refractivity contribution >= 4 is 28.2 Å². The number of morpholine rings is 1. The molecule has 0 atom stereocenters. The van der Waals surface area contributed by atoms with E-state index in [0.717, 1.165) is 57.6 Å². The van der Waals surface area contributed by atoms with Gasteiger partial charge in [0.25, 0.3) is 5.91 Å². The van der Waals surface area contributed by atoms with Gasteiger partial charge in [0, 0.05) is 52.7 Å². The van der Waals surface area contributed by atoms with Crippen molar-refractivity contribution in [3.63, 3.8) is 0 Å². The summed E-state index contributed by atoms with van der Waals surface area (Å²) < 4.78 is 5.51. The maximum absolute atomic E-state index is 13.7. The van der Waals surface area contributed by atoms with Gasteiger partial charge in [-0.15, -0.1) is 0 Å². The van der Waals surface area contributed by atoms with Gasteiger partial charge >= 0.3 is 0 Å². The quantitative estimate of drug-likeness (QED) is 0.431. The molecule has 1 aliphatic rings. The number of ether oxygens (including phenoxy) is 1. The van der Waals surface area contributed by atoms with Gasteiger partial charge in [-0.2, -0.15) is 5.10 Å². The van der Waals surface area contributed by atoms with E-state index in [1.54, 1.807) is 12.3 Å². The normalized spacial score (nSPS) is 13.9. The Morgan fingerprint density at radius 2 is 1.85 bits per heavy atom. The van der Waals surface area contributed by atoms with E-state index in [0.29, 0.717) is 24.5 Å². The van der Waals surface area contributed by atoms with Crippen molar-refractivity contribution < 1.29 is 9.53 Å². The van der Waals surface area contributed by atoms with Crippen LogP contribution in [-0.2, 0) is 4.74 Å². The molecule has 0 bridgehead atoms. The van der Waals surface area contributed by atoms with Crippen molar-refractivity contribution in [2.45, 2.75) is 20.8 Å². The average Bonchev–Trinajstić information content (AvgIpc) is 3.26. The van der Waals surface area contributed by atoms with Crippen LogP contribution >= 0.6 is 0 Å². The number of aromatic nitrogens is 3. The van der Waals surface area contributed by atoms with Crippen LogP contribution in [0, 0.1) is 20.8 Å². The number of anilines is 2. The number of hydrogen-bond donors (Lipinski definition) is 3. The topological polar surface area (TPSA) is 103 Å². The molecule has 0 aliphatic carbocycles. The maximum atomic E-state index is 13.7. The summed E-state index contributed by atoms with van der Waals surface area (Å²) in [4.78, 5) is 30.6. The molecule has 3 N–H and O–H groups in total. The molecule has 1 amide bonds. The molecule has 5 rings (SSSR count). The van der Waals surface area contributed by atoms with Crippen LogP contribution in [0.1, 0.15) is 27.2 Å². The first-order valence-corrected chi connectivity index (χ1v) is 11.3. The molecule has 174 valence electrons. The van der Waals surface area contributed by atoms with Gasteiger partial charge in [0.1, 0.15) is 0 Å². The van der Waals surface area contributed by atoms with Gasteiger partial charge in [-0.25, -0.2) is 0 Å². The largest absolute Gasteiger partial charge is 0.378 e. The lowest BCUT2D eigenvalue weighted by Gasteiger charge is -2.30. The summed E-state index contributed by atoms with van der Waals surface area (Å²) in [6, 6.07) is 11.3. The maximum Gasteiger partial charge on any atom is 0.257 e. The zero-order valence-corrected chi connectivity index (χ0v) is 19.5. The Kier molecular flexibility index (Phi) is 5.67. The number of carbonyl (C=O) groups excluding carboxylic acids is 1. The fourth-order valence-electron chi connectivity index (χ4n) is 4.51. The number of aryl methyl sites for hydroxylation is 3. The molecule has 4 aromatic rings. The summed E-state index contributed by atoms with van der Waals surface area (Å²) in [6.45, 7) is 8.49. The molecule has 0 unspecified atom stereocenters. The highest BCUT2D eigenvalue weighted by molar-refractivity contribution is 6.10. The number of nitrogens with one attached hydrogen (secondary N) is 3. The summed E-state index contributed by atoms with van der Waals surface area (Å²) in [5.74, 6) is -0.186. The first-order chi connectivity index (χ1) is 16.4. The van der Waals surface area contributed by atoms with Gasteiger partial charge in [0.05, 0.1) is 25.0 Å². The van der Waals surface area contributed by atoms with Crippen LogP contribution in [0.15, 0.2) is 47.4 Å². The van der Waals surface area contributed by atoms with Crippen LogP contribution in [0.25, 0.3) is 22.0 Å². The molecule has 3 heterocycles. The van der Waals surface area contributed by atoms with Crippen LogP contribution in [0.4, 0.5) is 11.4 Å². The molecule has 8 heteroatoms. The second kappa shape index (κ2) is 8.79. The Hall–Kier alpha value is -3.91. The third kappa shape index (κ3) is 4.08. The van der Waals surface area contributed by atoms with Crippen LogP contribution < -0.4 is 15.8 Å². The van der Waals surface area contributed by atoms with E-state index in [1.165, 1.54) is 0 Å². The van der Waals surface area contributed by atoms with Crippen LogP contribution in [0.2, 0.25) is 0 Å². The Morgan fingerprint density at radius 1 is 1.06 bits per heavy atom. The lowest BCUT2D eigenvalue weighted by Crippen LogP contribution is -2.37. The highest BCUT2D eigenvalue weighted by Crippen LogP contribution is 2.31. The number of pyridine rings is 1. The van der Waals surface area contributed by atoms with Crippen molar-refractivity contribution in [3.8, 4) is 11.1 Å². The summed E-state index contributed by atoms with van der Waals surface area (Å²) >= 11 is 0. The number of fused-ring (bicyclic) bond motifs is 1. The molecule has 0 radical (unpaired) electrons. The molecule has 1 saturated heterocycles. The van der Waals surface area contributed by atoms with E-state index in [2.05, 4.69) is 25.4 Å². The van der Waals surface area contributed by atoms with E-state index in [-0.39, 0.29) is 11.5 Å². The van der Waals surface area contributed by atoms with Crippen molar-refractivity contribution in [2.75, 3.05) is 36.5 Å². The number of nitrogens with zero attached hydrogens (tertiary/aromatic N) is 2. The van der Waals surface area contributed by atoms with Gasteiger partial charge in [-0.05, 0) is 61.7 Å². The smallest absolute Gasteiger partial charge is 0.257 e. The van der Waals surface area contributed by atoms with Crippen molar-refractivity contribution in [2.24, 2.45) is 0 Å². The first-order valence-electron chi connectivity index (χ1n) is 11.3. The molecule has 8 nitrogen and oxygen atoms in total. The fourth-order valence-corrected chi connectivity index (χ4v) is 4.51. The molecule has 34 heavy (non-hydrogen) atoms. The van der Waals surface area contributed by atoms with Crippen molar-refractivity contribution in [3.05, 3.63) is 75.3 Å². The average molecular weight is 458 g/mol. The minimum atomic E-state index is -0.186. The lowest BCUT2D eigenvalue weighted by atomic mass is 10.0. The Bertz CT molecular complexity index is 1450. The minimum Gasteiger partial charge on any atom is -0.378 e. The van der Waals surface area contributed by atoms with Crippen molar-refractivity contribution in [1.29, 1.82) is 0 Å². The molecular formula is C26H27N5O3. The zero-order valence-electron chi connectivity index (χ0n) is 19.5. The summed E-state index contributed by atoms with van der Waals surface area (Å²) in [5.41, 5.74) is 7.38. The number of carbonyl (C=O) groups is 1. The van der Waals surface area contributed by atoms with E-state index >= 15 is 0 Å². The van der Waals surface area contributed by atoms with E-state index in [9.17, 15) is 9.59 Å². The highest BCUT2D eigenvalue weighted by Gasteiger charge is 2.21. The third-order valence-electron chi connectivity index (χ3n) is 6.38. The number of amides is 1. The van der Waals surface area contributed by atoms with E-state index in [4.69, 9.17) is 4.74 Å². The highest BCUT2D eigenvalue weighted by atomic mass is 16.5. The van der Waals surface area contributed by atoms with E-state index in [1.807, 2.05) is 51.1 Å². The zero-order chi connectivity index (χ0) is 23.8. The predicted molar refractivity (Wildman–Crippen MR) is 134 cm³/mol. The van der Waals surface area contributed by atoms with Crippen LogP contribution in [0.5, 0.6) is 0 Å². The second-order valence-electron chi connectivity index (χ2n) is 8.72.